The number of hydrogen-bond acceptors (Lipinski definition) is 5. The summed E-state index contributed by atoms with van der Waals surface area (Å²) in [5, 5.41) is 8.90. The maximum atomic E-state index is 13.5. The number of likely N-dealkylation sites (N-methyl/N-ethyl adjacent to an activating group) is 1. The van der Waals surface area contributed by atoms with E-state index >= 15 is 0 Å². The van der Waals surface area contributed by atoms with E-state index in [-0.39, 0.29) is 11.8 Å². The van der Waals surface area contributed by atoms with Crippen LogP contribution in [0.1, 0.15) is 43.4 Å². The van der Waals surface area contributed by atoms with Gasteiger partial charge in [0.15, 0.2) is 5.69 Å². The number of fused-ring (bicyclic) bond motifs is 2. The molecule has 1 aromatic carbocycles. The molecule has 7 nitrogen and oxygen atoms in total. The van der Waals surface area contributed by atoms with Crippen LogP contribution >= 0.6 is 11.3 Å². The number of nitrogens with one attached hydrogen (secondary N) is 2. The number of nitrogens with zero attached hydrogens (tertiary/aromatic N) is 3. The van der Waals surface area contributed by atoms with Crippen LogP contribution in [0.3, 0.4) is 0 Å². The lowest BCUT2D eigenvalue weighted by atomic mass is 9.86. The van der Waals surface area contributed by atoms with Gasteiger partial charge >= 0.3 is 0 Å². The van der Waals surface area contributed by atoms with Crippen LogP contribution < -0.4 is 10.6 Å². The van der Waals surface area contributed by atoms with E-state index in [0.717, 1.165) is 42.0 Å². The Labute approximate surface area is 192 Å². The third kappa shape index (κ3) is 4.17. The fourth-order valence-corrected chi connectivity index (χ4v) is 5.22. The Bertz CT molecular complexity index is 1160. The van der Waals surface area contributed by atoms with Gasteiger partial charge in [-0.25, -0.2) is 4.98 Å². The standard InChI is InChI=1S/C24H31N5O2S/c1-24(2,3)20(23(31)25-4)27-22(30)19-17-13-28(5)11-8-12-29(17)21(26-19)16-14-32-18-10-7-6-9-15(16)18/h6-7,9-10,14,20H,8,11-13H2,1-5H3,(H,25,31)(H,27,30). The van der Waals surface area contributed by atoms with Crippen molar-refractivity contribution in [3.05, 3.63) is 41.0 Å². The van der Waals surface area contributed by atoms with E-state index in [9.17, 15) is 9.59 Å². The van der Waals surface area contributed by atoms with Crippen LogP contribution in [-0.4, -0.2) is 52.9 Å². The van der Waals surface area contributed by atoms with Crippen molar-refractivity contribution in [2.75, 3.05) is 20.6 Å². The first-order valence-electron chi connectivity index (χ1n) is 11.0. The Kier molecular flexibility index (Phi) is 6.09. The van der Waals surface area contributed by atoms with Gasteiger partial charge in [0.25, 0.3) is 5.91 Å². The highest BCUT2D eigenvalue weighted by Crippen LogP contribution is 2.35. The van der Waals surface area contributed by atoms with Gasteiger partial charge < -0.3 is 20.1 Å². The lowest BCUT2D eigenvalue weighted by Gasteiger charge is -2.29. The molecule has 0 radical (unpaired) electrons. The van der Waals surface area contributed by atoms with Gasteiger partial charge in [0.1, 0.15) is 11.9 Å². The first kappa shape index (κ1) is 22.5. The minimum atomic E-state index is -0.661. The predicted octanol–water partition coefficient (Wildman–Crippen LogP) is 3.49. The van der Waals surface area contributed by atoms with Crippen LogP contribution in [0.4, 0.5) is 0 Å². The predicted molar refractivity (Wildman–Crippen MR) is 129 cm³/mol. The van der Waals surface area contributed by atoms with Crippen LogP contribution in [0.2, 0.25) is 0 Å². The average Bonchev–Trinajstić information content (AvgIpc) is 3.26. The minimum Gasteiger partial charge on any atom is -0.357 e. The average molecular weight is 454 g/mol. The first-order chi connectivity index (χ1) is 15.2. The van der Waals surface area contributed by atoms with Gasteiger partial charge in [-0.1, -0.05) is 39.0 Å². The monoisotopic (exact) mass is 453 g/mol. The van der Waals surface area contributed by atoms with Gasteiger partial charge in [-0.2, -0.15) is 0 Å². The maximum Gasteiger partial charge on any atom is 0.272 e. The van der Waals surface area contributed by atoms with Crippen LogP contribution in [0.15, 0.2) is 29.6 Å². The molecule has 0 bridgehead atoms. The fraction of sp³-hybridized carbons (Fsp3) is 0.458. The number of imidazole rings is 1. The van der Waals surface area contributed by atoms with Gasteiger partial charge in [0.05, 0.1) is 5.69 Å². The SMILES string of the molecule is CNC(=O)C(NC(=O)c1nc(-c2csc3ccccc23)n2c1CN(C)CCC2)C(C)(C)C. The summed E-state index contributed by atoms with van der Waals surface area (Å²) in [7, 11) is 3.65. The zero-order chi connectivity index (χ0) is 23.0. The number of carbonyl (C=O) groups excluding carboxylic acids is 2. The van der Waals surface area contributed by atoms with Crippen molar-refractivity contribution >= 4 is 33.2 Å². The summed E-state index contributed by atoms with van der Waals surface area (Å²) < 4.78 is 3.39. The van der Waals surface area contributed by atoms with Crippen LogP contribution in [0, 0.1) is 5.41 Å². The molecule has 1 aliphatic heterocycles. The smallest absolute Gasteiger partial charge is 0.272 e. The molecule has 8 heteroatoms. The molecule has 2 amide bonds. The lowest BCUT2D eigenvalue weighted by molar-refractivity contribution is -0.124. The van der Waals surface area contributed by atoms with E-state index in [1.165, 1.54) is 4.70 Å². The maximum absolute atomic E-state index is 13.5. The highest BCUT2D eigenvalue weighted by atomic mass is 32.1. The Morgan fingerprint density at radius 1 is 1.19 bits per heavy atom. The summed E-state index contributed by atoms with van der Waals surface area (Å²) in [5.74, 6) is 0.306. The lowest BCUT2D eigenvalue weighted by Crippen LogP contribution is -2.53. The molecule has 0 fully saturated rings. The molecule has 0 saturated heterocycles. The Morgan fingerprint density at radius 3 is 2.66 bits per heavy atom. The largest absolute Gasteiger partial charge is 0.357 e. The second-order valence-corrected chi connectivity index (χ2v) is 10.4. The van der Waals surface area contributed by atoms with Crippen molar-refractivity contribution < 1.29 is 9.59 Å². The van der Waals surface area contributed by atoms with E-state index in [2.05, 4.69) is 44.7 Å². The van der Waals surface area contributed by atoms with Gasteiger partial charge in [0, 0.05) is 41.2 Å². The molecular weight excluding hydrogens is 422 g/mol. The molecule has 2 N–H and O–H groups in total. The quantitative estimate of drug-likeness (QED) is 0.634. The number of carbonyl (C=O) groups is 2. The molecular formula is C24H31N5O2S. The van der Waals surface area contributed by atoms with Crippen LogP contribution in [0.5, 0.6) is 0 Å². The molecule has 170 valence electrons. The molecule has 0 saturated carbocycles. The van der Waals surface area contributed by atoms with E-state index in [4.69, 9.17) is 4.98 Å². The minimum absolute atomic E-state index is 0.211. The van der Waals surface area contributed by atoms with Gasteiger partial charge in [-0.15, -0.1) is 11.3 Å². The Balaban J connectivity index is 1.80. The normalized spacial score (nSPS) is 15.8. The Morgan fingerprint density at radius 2 is 1.94 bits per heavy atom. The molecule has 3 aromatic rings. The fourth-order valence-electron chi connectivity index (χ4n) is 4.28. The molecule has 0 spiro atoms. The topological polar surface area (TPSA) is 79.3 Å². The molecule has 2 aromatic heterocycles. The molecule has 0 aliphatic carbocycles. The summed E-state index contributed by atoms with van der Waals surface area (Å²) in [6.45, 7) is 8.22. The highest BCUT2D eigenvalue weighted by Gasteiger charge is 2.34. The summed E-state index contributed by atoms with van der Waals surface area (Å²) in [4.78, 5) is 33.1. The van der Waals surface area contributed by atoms with Gasteiger partial charge in [-0.05, 0) is 31.5 Å². The van der Waals surface area contributed by atoms with Crippen molar-refractivity contribution in [2.24, 2.45) is 5.41 Å². The van der Waals surface area contributed by atoms with Crippen molar-refractivity contribution in [1.82, 2.24) is 25.1 Å². The van der Waals surface area contributed by atoms with Gasteiger partial charge in [0.2, 0.25) is 5.91 Å². The summed E-state index contributed by atoms with van der Waals surface area (Å²) in [6.07, 6.45) is 0.985. The second-order valence-electron chi connectivity index (χ2n) is 9.51. The molecule has 3 heterocycles. The highest BCUT2D eigenvalue weighted by molar-refractivity contribution is 7.17. The number of benzene rings is 1. The molecule has 1 atom stereocenters. The molecule has 1 unspecified atom stereocenters. The molecule has 32 heavy (non-hydrogen) atoms. The van der Waals surface area contributed by atoms with Crippen molar-refractivity contribution in [3.8, 4) is 11.4 Å². The zero-order valence-electron chi connectivity index (χ0n) is 19.4. The second kappa shape index (κ2) is 8.67. The molecule has 1 aliphatic rings. The van der Waals surface area contributed by atoms with Crippen LogP contribution in [0.25, 0.3) is 21.5 Å². The number of rotatable bonds is 4. The Hall–Kier alpha value is -2.71. The van der Waals surface area contributed by atoms with Gasteiger partial charge in [-0.3, -0.25) is 9.59 Å². The van der Waals surface area contributed by atoms with Crippen molar-refractivity contribution in [3.63, 3.8) is 0 Å². The number of thiophene rings is 1. The van der Waals surface area contributed by atoms with Crippen LogP contribution in [-0.2, 0) is 17.9 Å². The van der Waals surface area contributed by atoms with E-state index in [0.29, 0.717) is 12.2 Å². The molecule has 4 rings (SSSR count). The van der Waals surface area contributed by atoms with E-state index in [1.54, 1.807) is 18.4 Å². The summed E-state index contributed by atoms with van der Waals surface area (Å²) in [6, 6.07) is 7.62. The van der Waals surface area contributed by atoms with E-state index < -0.39 is 11.5 Å². The van der Waals surface area contributed by atoms with Crippen molar-refractivity contribution in [2.45, 2.75) is 46.3 Å². The first-order valence-corrected chi connectivity index (χ1v) is 11.9. The number of aromatic nitrogens is 2. The van der Waals surface area contributed by atoms with E-state index in [1.807, 2.05) is 32.9 Å². The third-order valence-corrected chi connectivity index (χ3v) is 6.96. The number of amides is 2. The van der Waals surface area contributed by atoms with Crippen molar-refractivity contribution in [1.29, 1.82) is 0 Å². The number of hydrogen-bond donors (Lipinski definition) is 2. The third-order valence-electron chi connectivity index (χ3n) is 6.00. The summed E-state index contributed by atoms with van der Waals surface area (Å²) in [5.41, 5.74) is 1.92. The summed E-state index contributed by atoms with van der Waals surface area (Å²) >= 11 is 1.69. The zero-order valence-corrected chi connectivity index (χ0v) is 20.2.